The predicted octanol–water partition coefficient (Wildman–Crippen LogP) is 3.28. The molecule has 1 aromatic carbocycles. The SMILES string of the molecule is CSC(N=CN(C)C)=Nc1ccc(Cl)cc1. The quantitative estimate of drug-likeness (QED) is 0.599. The Bertz CT molecular complexity index is 385. The first-order valence-corrected chi connectivity index (χ1v) is 6.31. The van der Waals surface area contributed by atoms with Crippen molar-refractivity contribution in [2.45, 2.75) is 0 Å². The van der Waals surface area contributed by atoms with Gasteiger partial charge in [0.15, 0.2) is 5.17 Å². The van der Waals surface area contributed by atoms with Gasteiger partial charge in [-0.05, 0) is 30.5 Å². The van der Waals surface area contributed by atoms with Gasteiger partial charge in [-0.25, -0.2) is 9.98 Å². The van der Waals surface area contributed by atoms with Crippen LogP contribution in [0.2, 0.25) is 5.02 Å². The molecule has 3 nitrogen and oxygen atoms in total. The minimum atomic E-state index is 0.710. The van der Waals surface area contributed by atoms with Crippen LogP contribution < -0.4 is 0 Å². The molecule has 0 fully saturated rings. The van der Waals surface area contributed by atoms with E-state index in [-0.39, 0.29) is 0 Å². The fourth-order valence-corrected chi connectivity index (χ4v) is 1.39. The van der Waals surface area contributed by atoms with Crippen LogP contribution in [0.5, 0.6) is 0 Å². The number of rotatable bonds is 2. The van der Waals surface area contributed by atoms with Crippen molar-refractivity contribution in [1.29, 1.82) is 0 Å². The second-order valence-electron chi connectivity index (χ2n) is 3.28. The van der Waals surface area contributed by atoms with E-state index in [9.17, 15) is 0 Å². The molecule has 0 unspecified atom stereocenters. The second kappa shape index (κ2) is 6.55. The van der Waals surface area contributed by atoms with E-state index >= 15 is 0 Å². The lowest BCUT2D eigenvalue weighted by molar-refractivity contribution is 0.644. The maximum atomic E-state index is 5.79. The predicted molar refractivity (Wildman–Crippen MR) is 74.2 cm³/mol. The van der Waals surface area contributed by atoms with Crippen molar-refractivity contribution >= 4 is 40.6 Å². The van der Waals surface area contributed by atoms with Crippen LogP contribution in [0.25, 0.3) is 0 Å². The molecule has 1 rings (SSSR count). The molecule has 1 aromatic rings. The third kappa shape index (κ3) is 4.68. The molecule has 5 heteroatoms. The molecule has 0 radical (unpaired) electrons. The smallest absolute Gasteiger partial charge is 0.189 e. The fourth-order valence-electron chi connectivity index (χ4n) is 0.918. The summed E-state index contributed by atoms with van der Waals surface area (Å²) in [5.41, 5.74) is 0.852. The van der Waals surface area contributed by atoms with Crippen LogP contribution in [-0.2, 0) is 0 Å². The molecule has 0 saturated heterocycles. The molecular weight excluding hydrogens is 242 g/mol. The van der Waals surface area contributed by atoms with Crippen molar-refractivity contribution in [3.05, 3.63) is 29.3 Å². The molecule has 0 saturated carbocycles. The molecule has 0 bridgehead atoms. The number of hydrogen-bond donors (Lipinski definition) is 0. The Kier molecular flexibility index (Phi) is 5.35. The zero-order valence-electron chi connectivity index (χ0n) is 9.51. The van der Waals surface area contributed by atoms with Gasteiger partial charge in [-0.3, -0.25) is 0 Å². The summed E-state index contributed by atoms with van der Waals surface area (Å²) in [5, 5.41) is 1.43. The number of hydrogen-bond acceptors (Lipinski definition) is 2. The highest BCUT2D eigenvalue weighted by atomic mass is 35.5. The Balaban J connectivity index is 2.83. The van der Waals surface area contributed by atoms with Gasteiger partial charge >= 0.3 is 0 Å². The minimum absolute atomic E-state index is 0.710. The van der Waals surface area contributed by atoms with Gasteiger partial charge in [-0.2, -0.15) is 0 Å². The molecule has 0 aromatic heterocycles. The zero-order chi connectivity index (χ0) is 12.0. The van der Waals surface area contributed by atoms with Crippen LogP contribution in [0.1, 0.15) is 0 Å². The Morgan fingerprint density at radius 2 is 1.94 bits per heavy atom. The van der Waals surface area contributed by atoms with Crippen LogP contribution in [0.4, 0.5) is 5.69 Å². The highest BCUT2D eigenvalue weighted by molar-refractivity contribution is 8.13. The summed E-state index contributed by atoms with van der Waals surface area (Å²) in [7, 11) is 3.84. The summed E-state index contributed by atoms with van der Waals surface area (Å²) in [4.78, 5) is 10.5. The lowest BCUT2D eigenvalue weighted by atomic mass is 10.3. The number of nitrogens with zero attached hydrogens (tertiary/aromatic N) is 3. The Labute approximate surface area is 105 Å². The molecule has 86 valence electrons. The normalized spacial score (nSPS) is 12.1. The van der Waals surface area contributed by atoms with Crippen molar-refractivity contribution in [1.82, 2.24) is 4.90 Å². The Hall–Kier alpha value is -1.00. The summed E-state index contributed by atoms with van der Waals surface area (Å²) in [6, 6.07) is 7.36. The van der Waals surface area contributed by atoms with E-state index in [1.807, 2.05) is 49.5 Å². The van der Waals surface area contributed by atoms with E-state index in [0.29, 0.717) is 5.02 Å². The van der Waals surface area contributed by atoms with Gasteiger partial charge < -0.3 is 4.90 Å². The molecule has 0 N–H and O–H groups in total. The maximum absolute atomic E-state index is 5.79. The van der Waals surface area contributed by atoms with Gasteiger partial charge in [0.2, 0.25) is 0 Å². The number of benzene rings is 1. The first kappa shape index (κ1) is 13.1. The van der Waals surface area contributed by atoms with Gasteiger partial charge in [-0.15, -0.1) is 0 Å². The van der Waals surface area contributed by atoms with Gasteiger partial charge in [0.05, 0.1) is 12.0 Å². The van der Waals surface area contributed by atoms with Crippen LogP contribution in [0.15, 0.2) is 34.3 Å². The number of aliphatic imine (C=N–C) groups is 2. The largest absolute Gasteiger partial charge is 0.369 e. The monoisotopic (exact) mass is 255 g/mol. The van der Waals surface area contributed by atoms with E-state index in [4.69, 9.17) is 11.6 Å². The molecule has 0 spiro atoms. The lowest BCUT2D eigenvalue weighted by Gasteiger charge is -2.02. The maximum Gasteiger partial charge on any atom is 0.189 e. The Morgan fingerprint density at radius 1 is 1.31 bits per heavy atom. The van der Waals surface area contributed by atoms with Crippen molar-refractivity contribution in [3.63, 3.8) is 0 Å². The van der Waals surface area contributed by atoms with Gasteiger partial charge in [0.1, 0.15) is 0 Å². The van der Waals surface area contributed by atoms with Crippen LogP contribution in [0.3, 0.4) is 0 Å². The van der Waals surface area contributed by atoms with E-state index < -0.39 is 0 Å². The van der Waals surface area contributed by atoms with Crippen molar-refractivity contribution in [3.8, 4) is 0 Å². The number of amidine groups is 1. The van der Waals surface area contributed by atoms with E-state index in [1.165, 1.54) is 11.8 Å². The molecule has 16 heavy (non-hydrogen) atoms. The van der Waals surface area contributed by atoms with Crippen molar-refractivity contribution in [2.24, 2.45) is 9.98 Å². The van der Waals surface area contributed by atoms with Crippen molar-refractivity contribution < 1.29 is 0 Å². The Morgan fingerprint density at radius 3 is 2.44 bits per heavy atom. The second-order valence-corrected chi connectivity index (χ2v) is 4.49. The molecular formula is C11H14ClN3S. The highest BCUT2D eigenvalue weighted by Gasteiger charge is 1.95. The first-order chi connectivity index (χ1) is 7.61. The van der Waals surface area contributed by atoms with Gasteiger partial charge in [0.25, 0.3) is 0 Å². The van der Waals surface area contributed by atoms with E-state index in [1.54, 1.807) is 6.34 Å². The molecule has 0 aliphatic carbocycles. The third-order valence-electron chi connectivity index (χ3n) is 1.63. The summed E-state index contributed by atoms with van der Waals surface area (Å²) in [5.74, 6) is 0. The molecule has 0 aliphatic heterocycles. The first-order valence-electron chi connectivity index (χ1n) is 4.70. The minimum Gasteiger partial charge on any atom is -0.369 e. The number of halogens is 1. The standard InChI is InChI=1S/C11H14ClN3S/c1-15(2)8-13-11(16-3)14-10-6-4-9(12)5-7-10/h4-8H,1-3H3. The summed E-state index contributed by atoms with van der Waals surface area (Å²) in [6.07, 6.45) is 3.67. The summed E-state index contributed by atoms with van der Waals surface area (Å²) < 4.78 is 0. The molecule has 0 aliphatic rings. The highest BCUT2D eigenvalue weighted by Crippen LogP contribution is 2.18. The zero-order valence-corrected chi connectivity index (χ0v) is 11.1. The topological polar surface area (TPSA) is 28.0 Å². The number of thioether (sulfide) groups is 1. The molecule has 0 atom stereocenters. The fraction of sp³-hybridized carbons (Fsp3) is 0.273. The van der Waals surface area contributed by atoms with Crippen LogP contribution in [0, 0.1) is 0 Å². The van der Waals surface area contributed by atoms with Gasteiger partial charge in [0, 0.05) is 19.1 Å². The van der Waals surface area contributed by atoms with Crippen LogP contribution >= 0.6 is 23.4 Å². The van der Waals surface area contributed by atoms with Crippen LogP contribution in [-0.4, -0.2) is 36.8 Å². The van der Waals surface area contributed by atoms with Crippen molar-refractivity contribution in [2.75, 3.05) is 20.4 Å². The molecule has 0 heterocycles. The average Bonchev–Trinajstić information content (AvgIpc) is 2.26. The third-order valence-corrected chi connectivity index (χ3v) is 2.45. The molecule has 0 amide bonds. The summed E-state index contributed by atoms with van der Waals surface area (Å²) in [6.45, 7) is 0. The summed E-state index contributed by atoms with van der Waals surface area (Å²) >= 11 is 7.30. The van der Waals surface area contributed by atoms with Gasteiger partial charge in [-0.1, -0.05) is 23.4 Å². The average molecular weight is 256 g/mol. The lowest BCUT2D eigenvalue weighted by Crippen LogP contribution is -2.08. The van der Waals surface area contributed by atoms with E-state index in [2.05, 4.69) is 9.98 Å². The van der Waals surface area contributed by atoms with E-state index in [0.717, 1.165) is 10.9 Å².